The monoisotopic (exact) mass is 209 g/mol. The van der Waals surface area contributed by atoms with Crippen molar-refractivity contribution in [3.05, 3.63) is 11.6 Å². The molecule has 2 fully saturated rings. The predicted molar refractivity (Wildman–Crippen MR) is 54.2 cm³/mol. The third-order valence-electron chi connectivity index (χ3n) is 3.27. The molecule has 0 aromatic rings. The van der Waals surface area contributed by atoms with Crippen LogP contribution in [0.1, 0.15) is 26.2 Å². The van der Waals surface area contributed by atoms with E-state index in [9.17, 15) is 9.59 Å². The Morgan fingerprint density at radius 3 is 2.87 bits per heavy atom. The van der Waals surface area contributed by atoms with E-state index in [1.54, 1.807) is 6.92 Å². The maximum absolute atomic E-state index is 11.7. The van der Waals surface area contributed by atoms with Crippen LogP contribution in [0.4, 0.5) is 0 Å². The van der Waals surface area contributed by atoms with E-state index >= 15 is 0 Å². The lowest BCUT2D eigenvalue weighted by molar-refractivity contribution is -0.134. The number of carboxylic acid groups (broad SMARTS) is 1. The van der Waals surface area contributed by atoms with Crippen LogP contribution in [-0.2, 0) is 9.59 Å². The molecule has 1 heterocycles. The lowest BCUT2D eigenvalue weighted by Gasteiger charge is -2.27. The molecular formula is C11H15NO3. The summed E-state index contributed by atoms with van der Waals surface area (Å²) < 4.78 is 0. The summed E-state index contributed by atoms with van der Waals surface area (Å²) in [5.41, 5.74) is 0.739. The largest absolute Gasteiger partial charge is 0.478 e. The molecule has 1 saturated carbocycles. The topological polar surface area (TPSA) is 57.6 Å². The molecule has 15 heavy (non-hydrogen) atoms. The highest BCUT2D eigenvalue weighted by molar-refractivity contribution is 5.83. The van der Waals surface area contributed by atoms with Crippen molar-refractivity contribution in [1.29, 1.82) is 0 Å². The maximum atomic E-state index is 11.7. The second kappa shape index (κ2) is 3.68. The van der Waals surface area contributed by atoms with Gasteiger partial charge in [-0.05, 0) is 31.8 Å². The molecule has 2 bridgehead atoms. The Labute approximate surface area is 88.6 Å². The average molecular weight is 209 g/mol. The molecule has 1 saturated heterocycles. The molecule has 82 valence electrons. The molecule has 4 nitrogen and oxygen atoms in total. The van der Waals surface area contributed by atoms with Gasteiger partial charge in [0.05, 0.1) is 0 Å². The number of amides is 1. The second-order valence-electron chi connectivity index (χ2n) is 4.46. The first-order valence-electron chi connectivity index (χ1n) is 5.28. The van der Waals surface area contributed by atoms with Crippen molar-refractivity contribution in [1.82, 2.24) is 4.90 Å². The van der Waals surface area contributed by atoms with Crippen LogP contribution in [0.3, 0.4) is 0 Å². The molecule has 1 aliphatic carbocycles. The fraction of sp³-hybridized carbons (Fsp3) is 0.636. The molecule has 1 aliphatic heterocycles. The molecule has 1 N–H and O–H groups in total. The van der Waals surface area contributed by atoms with Crippen molar-refractivity contribution in [3.8, 4) is 0 Å². The number of piperidine rings is 1. The molecule has 2 unspecified atom stereocenters. The van der Waals surface area contributed by atoms with E-state index < -0.39 is 5.97 Å². The van der Waals surface area contributed by atoms with Crippen molar-refractivity contribution >= 4 is 11.9 Å². The Morgan fingerprint density at radius 2 is 2.33 bits per heavy atom. The van der Waals surface area contributed by atoms with E-state index in [1.165, 1.54) is 6.08 Å². The van der Waals surface area contributed by atoms with E-state index in [0.717, 1.165) is 24.8 Å². The number of nitrogens with zero attached hydrogens (tertiary/aromatic N) is 1. The zero-order valence-corrected chi connectivity index (χ0v) is 8.77. The molecule has 2 atom stereocenters. The van der Waals surface area contributed by atoms with Crippen LogP contribution in [0.25, 0.3) is 0 Å². The van der Waals surface area contributed by atoms with Gasteiger partial charge in [0, 0.05) is 24.6 Å². The summed E-state index contributed by atoms with van der Waals surface area (Å²) in [7, 11) is 0. The highest BCUT2D eigenvalue weighted by Crippen LogP contribution is 2.38. The summed E-state index contributed by atoms with van der Waals surface area (Å²) in [6.07, 6.45) is 4.25. The fourth-order valence-corrected chi connectivity index (χ4v) is 2.61. The molecule has 0 radical (unpaired) electrons. The van der Waals surface area contributed by atoms with Gasteiger partial charge in [-0.25, -0.2) is 4.79 Å². The van der Waals surface area contributed by atoms with Gasteiger partial charge in [0.25, 0.3) is 0 Å². The molecule has 0 spiro atoms. The smallest absolute Gasteiger partial charge is 0.328 e. The molecule has 0 aromatic carbocycles. The van der Waals surface area contributed by atoms with Crippen molar-refractivity contribution in [3.63, 3.8) is 0 Å². The highest BCUT2D eigenvalue weighted by Gasteiger charge is 2.44. The summed E-state index contributed by atoms with van der Waals surface area (Å²) in [6.45, 7) is 2.24. The number of likely N-dealkylation sites (tertiary alicyclic amines) is 1. The van der Waals surface area contributed by atoms with Crippen LogP contribution < -0.4 is 0 Å². The Morgan fingerprint density at radius 1 is 1.60 bits per heavy atom. The zero-order valence-electron chi connectivity index (χ0n) is 8.77. The van der Waals surface area contributed by atoms with Gasteiger partial charge in [0.15, 0.2) is 0 Å². The standard InChI is InChI=1S/C11H15NO3/c1-7(4-10(13)14)6-12-9-3-2-8(5-9)11(12)15/h4,8-9H,2-3,5-6H2,1H3,(H,13,14)/b7-4+. The summed E-state index contributed by atoms with van der Waals surface area (Å²) in [5, 5.41) is 8.58. The number of hydrogen-bond donors (Lipinski definition) is 1. The molecule has 4 heteroatoms. The van der Waals surface area contributed by atoms with Gasteiger partial charge >= 0.3 is 5.97 Å². The van der Waals surface area contributed by atoms with Crippen molar-refractivity contribution < 1.29 is 14.7 Å². The number of fused-ring (bicyclic) bond motifs is 2. The summed E-state index contributed by atoms with van der Waals surface area (Å²) in [4.78, 5) is 24.0. The molecule has 0 aromatic heterocycles. The van der Waals surface area contributed by atoms with E-state index in [2.05, 4.69) is 0 Å². The van der Waals surface area contributed by atoms with Crippen LogP contribution in [0.2, 0.25) is 0 Å². The van der Waals surface area contributed by atoms with Crippen molar-refractivity contribution in [2.45, 2.75) is 32.2 Å². The highest BCUT2D eigenvalue weighted by atomic mass is 16.4. The average Bonchev–Trinajstić information content (AvgIpc) is 2.68. The van der Waals surface area contributed by atoms with Crippen molar-refractivity contribution in [2.75, 3.05) is 6.54 Å². The number of carbonyl (C=O) groups excluding carboxylic acids is 1. The lowest BCUT2D eigenvalue weighted by atomic mass is 10.1. The Bertz CT molecular complexity index is 335. The van der Waals surface area contributed by atoms with Crippen LogP contribution in [0, 0.1) is 5.92 Å². The van der Waals surface area contributed by atoms with Crippen molar-refractivity contribution in [2.24, 2.45) is 5.92 Å². The summed E-state index contributed by atoms with van der Waals surface area (Å²) in [6, 6.07) is 0.361. The van der Waals surface area contributed by atoms with Gasteiger partial charge in [0.1, 0.15) is 0 Å². The number of hydrogen-bond acceptors (Lipinski definition) is 2. The lowest BCUT2D eigenvalue weighted by Crippen LogP contribution is -2.38. The van der Waals surface area contributed by atoms with Crippen LogP contribution >= 0.6 is 0 Å². The molecule has 2 aliphatic rings. The van der Waals surface area contributed by atoms with Crippen LogP contribution in [-0.4, -0.2) is 34.5 Å². The molecule has 1 amide bonds. The number of rotatable bonds is 3. The minimum absolute atomic E-state index is 0.212. The number of carbonyl (C=O) groups is 2. The fourth-order valence-electron chi connectivity index (χ4n) is 2.61. The van der Waals surface area contributed by atoms with E-state index in [1.807, 2.05) is 4.90 Å². The van der Waals surface area contributed by atoms with Crippen LogP contribution in [0.15, 0.2) is 11.6 Å². The zero-order chi connectivity index (χ0) is 11.0. The first kappa shape index (κ1) is 10.2. The number of carboxylic acids is 1. The number of aliphatic carboxylic acids is 1. The third-order valence-corrected chi connectivity index (χ3v) is 3.27. The first-order valence-corrected chi connectivity index (χ1v) is 5.28. The SMILES string of the molecule is C/C(=C\C(=O)O)CN1C(=O)C2CCC1C2. The Kier molecular flexibility index (Phi) is 2.50. The quantitative estimate of drug-likeness (QED) is 0.706. The second-order valence-corrected chi connectivity index (χ2v) is 4.46. The predicted octanol–water partition coefficient (Wildman–Crippen LogP) is 1.03. The Hall–Kier alpha value is -1.32. The first-order chi connectivity index (χ1) is 7.08. The molecule has 2 rings (SSSR count). The van der Waals surface area contributed by atoms with Crippen LogP contribution in [0.5, 0.6) is 0 Å². The van der Waals surface area contributed by atoms with E-state index in [0.29, 0.717) is 12.6 Å². The minimum atomic E-state index is -0.940. The van der Waals surface area contributed by atoms with Gasteiger partial charge in [-0.15, -0.1) is 0 Å². The van der Waals surface area contributed by atoms with E-state index in [4.69, 9.17) is 5.11 Å². The normalized spacial score (nSPS) is 30.1. The summed E-state index contributed by atoms with van der Waals surface area (Å²) in [5.74, 6) is -0.513. The maximum Gasteiger partial charge on any atom is 0.328 e. The third kappa shape index (κ3) is 1.89. The Balaban J connectivity index is 2.01. The molecular weight excluding hydrogens is 194 g/mol. The van der Waals surface area contributed by atoms with Gasteiger partial charge in [-0.2, -0.15) is 0 Å². The summed E-state index contributed by atoms with van der Waals surface area (Å²) >= 11 is 0. The van der Waals surface area contributed by atoms with Gasteiger partial charge in [-0.1, -0.05) is 0 Å². The minimum Gasteiger partial charge on any atom is -0.478 e. The van der Waals surface area contributed by atoms with Gasteiger partial charge < -0.3 is 10.0 Å². The van der Waals surface area contributed by atoms with E-state index in [-0.39, 0.29) is 11.8 Å². The van der Waals surface area contributed by atoms with Gasteiger partial charge in [-0.3, -0.25) is 4.79 Å². The van der Waals surface area contributed by atoms with Gasteiger partial charge in [0.2, 0.25) is 5.91 Å².